The van der Waals surface area contributed by atoms with Crippen molar-refractivity contribution in [2.45, 2.75) is 52.1 Å². The average Bonchev–Trinajstić information content (AvgIpc) is 2.24. The molecule has 0 radical (unpaired) electrons. The van der Waals surface area contributed by atoms with E-state index in [-0.39, 0.29) is 24.3 Å². The van der Waals surface area contributed by atoms with Crippen LogP contribution in [0.5, 0.6) is 0 Å². The Labute approximate surface area is 96.4 Å². The molecule has 4 N–H and O–H groups in total. The van der Waals surface area contributed by atoms with Gasteiger partial charge < -0.3 is 16.2 Å². The first-order valence-electron chi connectivity index (χ1n) is 5.70. The summed E-state index contributed by atoms with van der Waals surface area (Å²) in [4.78, 5) is 22.4. The highest BCUT2D eigenvalue weighted by molar-refractivity contribution is 5.84. The molecule has 16 heavy (non-hydrogen) atoms. The Morgan fingerprint density at radius 1 is 1.31 bits per heavy atom. The molecule has 0 aliphatic rings. The van der Waals surface area contributed by atoms with Crippen molar-refractivity contribution in [1.29, 1.82) is 0 Å². The van der Waals surface area contributed by atoms with E-state index in [0.717, 1.165) is 0 Å². The summed E-state index contributed by atoms with van der Waals surface area (Å²) in [5, 5.41) is 11.5. The normalized spacial score (nSPS) is 16.2. The summed E-state index contributed by atoms with van der Waals surface area (Å²) in [5.74, 6) is -1.37. The number of carboxylic acids is 1. The van der Waals surface area contributed by atoms with Gasteiger partial charge in [-0.3, -0.25) is 4.79 Å². The van der Waals surface area contributed by atoms with Crippen molar-refractivity contribution >= 4 is 11.9 Å². The van der Waals surface area contributed by atoms with Gasteiger partial charge in [0.25, 0.3) is 0 Å². The van der Waals surface area contributed by atoms with Gasteiger partial charge in [-0.05, 0) is 12.3 Å². The van der Waals surface area contributed by atoms with Crippen molar-refractivity contribution in [2.24, 2.45) is 11.7 Å². The molecule has 0 aliphatic heterocycles. The predicted octanol–water partition coefficient (Wildman–Crippen LogP) is 0.729. The smallest absolute Gasteiger partial charge is 0.326 e. The minimum absolute atomic E-state index is 0.0840. The Kier molecular flexibility index (Phi) is 6.72. The highest BCUT2D eigenvalue weighted by atomic mass is 16.4. The first-order valence-corrected chi connectivity index (χ1v) is 5.70. The Morgan fingerprint density at radius 2 is 1.88 bits per heavy atom. The van der Waals surface area contributed by atoms with Crippen molar-refractivity contribution in [2.75, 3.05) is 0 Å². The van der Waals surface area contributed by atoms with Crippen LogP contribution in [0.25, 0.3) is 0 Å². The zero-order chi connectivity index (χ0) is 12.7. The van der Waals surface area contributed by atoms with Crippen molar-refractivity contribution < 1.29 is 14.7 Å². The summed E-state index contributed by atoms with van der Waals surface area (Å²) in [6, 6.07) is -1.02. The average molecular weight is 230 g/mol. The topological polar surface area (TPSA) is 92.4 Å². The van der Waals surface area contributed by atoms with Crippen molar-refractivity contribution in [3.05, 3.63) is 0 Å². The van der Waals surface area contributed by atoms with Crippen LogP contribution in [-0.4, -0.2) is 29.1 Å². The molecule has 5 heteroatoms. The quantitative estimate of drug-likeness (QED) is 0.601. The number of carbonyl (C=O) groups is 2. The standard InChI is InChI=1S/C11H22N2O3/c1-4-7(3)10(11(15)16)13-9(14)6-8(12)5-2/h7-8,10H,4-6,12H2,1-3H3,(H,13,14)(H,15,16)/t7-,8?,10-/m0/s1. The monoisotopic (exact) mass is 230 g/mol. The minimum atomic E-state index is -0.993. The molecule has 0 heterocycles. The number of carboxylic acid groups (broad SMARTS) is 1. The van der Waals surface area contributed by atoms with Gasteiger partial charge in [0.2, 0.25) is 5.91 Å². The van der Waals surface area contributed by atoms with E-state index >= 15 is 0 Å². The van der Waals surface area contributed by atoms with Crippen LogP contribution in [0.15, 0.2) is 0 Å². The third-order valence-corrected chi connectivity index (χ3v) is 2.77. The first-order chi connectivity index (χ1) is 7.42. The maximum Gasteiger partial charge on any atom is 0.326 e. The van der Waals surface area contributed by atoms with Gasteiger partial charge in [-0.2, -0.15) is 0 Å². The predicted molar refractivity (Wildman–Crippen MR) is 61.9 cm³/mol. The molecule has 3 atom stereocenters. The van der Waals surface area contributed by atoms with Crippen molar-refractivity contribution in [1.82, 2.24) is 5.32 Å². The van der Waals surface area contributed by atoms with Gasteiger partial charge in [-0.25, -0.2) is 4.79 Å². The molecule has 0 aromatic heterocycles. The molecule has 0 aliphatic carbocycles. The van der Waals surface area contributed by atoms with E-state index in [1.54, 1.807) is 6.92 Å². The van der Waals surface area contributed by atoms with Gasteiger partial charge >= 0.3 is 5.97 Å². The SMILES string of the molecule is CCC(N)CC(=O)N[C@H](C(=O)O)[C@@H](C)CC. The molecule has 0 spiro atoms. The minimum Gasteiger partial charge on any atom is -0.480 e. The van der Waals surface area contributed by atoms with Gasteiger partial charge in [0.05, 0.1) is 0 Å². The van der Waals surface area contributed by atoms with Crippen LogP contribution in [-0.2, 0) is 9.59 Å². The van der Waals surface area contributed by atoms with Gasteiger partial charge in [-0.15, -0.1) is 0 Å². The Bertz CT molecular complexity index is 243. The largest absolute Gasteiger partial charge is 0.480 e. The van der Waals surface area contributed by atoms with Crippen LogP contribution in [0.1, 0.15) is 40.0 Å². The Hall–Kier alpha value is -1.10. The van der Waals surface area contributed by atoms with Crippen molar-refractivity contribution in [3.8, 4) is 0 Å². The van der Waals surface area contributed by atoms with Crippen LogP contribution in [0.4, 0.5) is 0 Å². The van der Waals surface area contributed by atoms with E-state index in [2.05, 4.69) is 5.32 Å². The molecular formula is C11H22N2O3. The number of amides is 1. The molecule has 0 aromatic rings. The first kappa shape index (κ1) is 14.9. The zero-order valence-corrected chi connectivity index (χ0v) is 10.2. The van der Waals surface area contributed by atoms with Crippen LogP contribution >= 0.6 is 0 Å². The summed E-state index contributed by atoms with van der Waals surface area (Å²) >= 11 is 0. The van der Waals surface area contributed by atoms with E-state index in [9.17, 15) is 9.59 Å². The molecule has 0 saturated carbocycles. The summed E-state index contributed by atoms with van der Waals surface area (Å²) in [5.41, 5.74) is 5.63. The van der Waals surface area contributed by atoms with E-state index in [4.69, 9.17) is 10.8 Å². The lowest BCUT2D eigenvalue weighted by atomic mass is 9.99. The molecule has 1 unspecified atom stereocenters. The Morgan fingerprint density at radius 3 is 2.25 bits per heavy atom. The van der Waals surface area contributed by atoms with Gasteiger partial charge in [0.1, 0.15) is 6.04 Å². The number of nitrogens with one attached hydrogen (secondary N) is 1. The summed E-state index contributed by atoms with van der Waals surface area (Å²) in [7, 11) is 0. The number of hydrogen-bond donors (Lipinski definition) is 3. The van der Waals surface area contributed by atoms with E-state index in [1.165, 1.54) is 0 Å². The van der Waals surface area contributed by atoms with E-state index in [0.29, 0.717) is 12.8 Å². The number of rotatable bonds is 7. The molecule has 0 aromatic carbocycles. The van der Waals surface area contributed by atoms with Crippen LogP contribution in [0, 0.1) is 5.92 Å². The highest BCUT2D eigenvalue weighted by Gasteiger charge is 2.25. The highest BCUT2D eigenvalue weighted by Crippen LogP contribution is 2.08. The maximum absolute atomic E-state index is 11.5. The molecule has 0 saturated heterocycles. The summed E-state index contributed by atoms with van der Waals surface area (Å²) < 4.78 is 0. The lowest BCUT2D eigenvalue weighted by Crippen LogP contribution is -2.46. The van der Waals surface area contributed by atoms with Crippen LogP contribution in [0.3, 0.4) is 0 Å². The molecule has 0 fully saturated rings. The van der Waals surface area contributed by atoms with E-state index in [1.807, 2.05) is 13.8 Å². The second-order valence-corrected chi connectivity index (χ2v) is 4.14. The lowest BCUT2D eigenvalue weighted by molar-refractivity contribution is -0.143. The molecule has 0 bridgehead atoms. The lowest BCUT2D eigenvalue weighted by Gasteiger charge is -2.20. The van der Waals surface area contributed by atoms with Crippen LogP contribution in [0.2, 0.25) is 0 Å². The molecular weight excluding hydrogens is 208 g/mol. The fraction of sp³-hybridized carbons (Fsp3) is 0.818. The Balaban J connectivity index is 4.30. The van der Waals surface area contributed by atoms with Gasteiger partial charge in [0, 0.05) is 12.5 Å². The van der Waals surface area contributed by atoms with Crippen molar-refractivity contribution in [3.63, 3.8) is 0 Å². The number of carbonyl (C=O) groups excluding carboxylic acids is 1. The fourth-order valence-electron chi connectivity index (χ4n) is 1.30. The number of aliphatic carboxylic acids is 1. The fourth-order valence-corrected chi connectivity index (χ4v) is 1.30. The second kappa shape index (κ2) is 7.22. The second-order valence-electron chi connectivity index (χ2n) is 4.14. The van der Waals surface area contributed by atoms with Crippen LogP contribution < -0.4 is 11.1 Å². The molecule has 1 amide bonds. The zero-order valence-electron chi connectivity index (χ0n) is 10.2. The summed E-state index contributed by atoms with van der Waals surface area (Å²) in [6.45, 7) is 5.59. The van der Waals surface area contributed by atoms with E-state index < -0.39 is 12.0 Å². The maximum atomic E-state index is 11.5. The van der Waals surface area contributed by atoms with Gasteiger partial charge in [0.15, 0.2) is 0 Å². The molecule has 5 nitrogen and oxygen atoms in total. The third-order valence-electron chi connectivity index (χ3n) is 2.77. The number of nitrogens with two attached hydrogens (primary N) is 1. The molecule has 0 rings (SSSR count). The third kappa shape index (κ3) is 5.11. The van der Waals surface area contributed by atoms with Gasteiger partial charge in [-0.1, -0.05) is 27.2 Å². The number of hydrogen-bond acceptors (Lipinski definition) is 3. The molecule has 94 valence electrons. The summed E-state index contributed by atoms with van der Waals surface area (Å²) in [6.07, 6.45) is 1.59.